The Morgan fingerprint density at radius 3 is 2.70 bits per heavy atom. The molecule has 30 heavy (non-hydrogen) atoms. The highest BCUT2D eigenvalue weighted by atomic mass is 19.4. The summed E-state index contributed by atoms with van der Waals surface area (Å²) in [6, 6.07) is 2.34. The molecular weight excluding hydrogens is 397 g/mol. The SMILES string of the molecule is Cn1cnnc1C1CCCN(C(=O)C2CCCN(c3ncccc3C(F)(F)F)C2)C1. The molecule has 2 aliphatic heterocycles. The van der Waals surface area contributed by atoms with Gasteiger partial charge in [-0.15, -0.1) is 10.2 Å². The van der Waals surface area contributed by atoms with Gasteiger partial charge in [-0.3, -0.25) is 4.79 Å². The van der Waals surface area contributed by atoms with Gasteiger partial charge in [0.25, 0.3) is 0 Å². The number of carbonyl (C=O) groups excluding carboxylic acids is 1. The summed E-state index contributed by atoms with van der Waals surface area (Å²) in [5.74, 6) is 0.581. The largest absolute Gasteiger partial charge is 0.419 e. The zero-order valence-electron chi connectivity index (χ0n) is 16.8. The quantitative estimate of drug-likeness (QED) is 0.761. The second-order valence-corrected chi connectivity index (χ2v) is 8.08. The highest BCUT2D eigenvalue weighted by Gasteiger charge is 2.38. The molecule has 2 aromatic rings. The average Bonchev–Trinajstić information content (AvgIpc) is 3.19. The highest BCUT2D eigenvalue weighted by Crippen LogP contribution is 2.37. The van der Waals surface area contributed by atoms with Crippen molar-refractivity contribution in [3.05, 3.63) is 36.0 Å². The molecule has 0 aromatic carbocycles. The Morgan fingerprint density at radius 2 is 1.97 bits per heavy atom. The van der Waals surface area contributed by atoms with Crippen LogP contribution in [0.15, 0.2) is 24.7 Å². The van der Waals surface area contributed by atoms with E-state index in [1.807, 2.05) is 16.5 Å². The highest BCUT2D eigenvalue weighted by molar-refractivity contribution is 5.80. The van der Waals surface area contributed by atoms with Crippen molar-refractivity contribution in [1.29, 1.82) is 0 Å². The second kappa shape index (κ2) is 8.23. The van der Waals surface area contributed by atoms with Crippen LogP contribution in [-0.4, -0.2) is 56.7 Å². The van der Waals surface area contributed by atoms with E-state index in [1.54, 1.807) is 11.2 Å². The lowest BCUT2D eigenvalue weighted by Gasteiger charge is -2.38. The van der Waals surface area contributed by atoms with Gasteiger partial charge in [0.15, 0.2) is 0 Å². The first-order valence-corrected chi connectivity index (χ1v) is 10.2. The summed E-state index contributed by atoms with van der Waals surface area (Å²) in [5, 5.41) is 8.11. The molecule has 1 amide bonds. The van der Waals surface area contributed by atoms with Crippen molar-refractivity contribution in [2.45, 2.75) is 37.8 Å². The molecule has 10 heteroatoms. The van der Waals surface area contributed by atoms with Gasteiger partial charge in [0, 0.05) is 45.3 Å². The minimum absolute atomic E-state index is 0.0102. The fourth-order valence-electron chi connectivity index (χ4n) is 4.55. The van der Waals surface area contributed by atoms with Crippen LogP contribution >= 0.6 is 0 Å². The summed E-state index contributed by atoms with van der Waals surface area (Å²) in [6.45, 7) is 1.95. The number of anilines is 1. The van der Waals surface area contributed by atoms with Gasteiger partial charge in [-0.25, -0.2) is 4.98 Å². The number of carbonyl (C=O) groups is 1. The van der Waals surface area contributed by atoms with Crippen LogP contribution in [0.2, 0.25) is 0 Å². The minimum Gasteiger partial charge on any atom is -0.355 e. The number of nitrogens with zero attached hydrogens (tertiary/aromatic N) is 6. The van der Waals surface area contributed by atoms with E-state index in [0.29, 0.717) is 32.5 Å². The maximum Gasteiger partial charge on any atom is 0.419 e. The maximum absolute atomic E-state index is 13.4. The third-order valence-electron chi connectivity index (χ3n) is 6.01. The molecule has 0 N–H and O–H groups in total. The summed E-state index contributed by atoms with van der Waals surface area (Å²) in [7, 11) is 1.89. The van der Waals surface area contributed by atoms with Gasteiger partial charge in [0.05, 0.1) is 11.5 Å². The van der Waals surface area contributed by atoms with Gasteiger partial charge in [-0.2, -0.15) is 13.2 Å². The number of aromatic nitrogens is 4. The first-order valence-electron chi connectivity index (χ1n) is 10.2. The third-order valence-corrected chi connectivity index (χ3v) is 6.01. The molecule has 4 heterocycles. The first kappa shape index (κ1) is 20.6. The van der Waals surface area contributed by atoms with Gasteiger partial charge >= 0.3 is 6.18 Å². The van der Waals surface area contributed by atoms with Crippen molar-refractivity contribution in [3.8, 4) is 0 Å². The van der Waals surface area contributed by atoms with E-state index in [-0.39, 0.29) is 30.1 Å². The number of hydrogen-bond donors (Lipinski definition) is 0. The molecular formula is C20H25F3N6O. The Hall–Kier alpha value is -2.65. The molecule has 4 rings (SSSR count). The summed E-state index contributed by atoms with van der Waals surface area (Å²) < 4.78 is 42.1. The lowest BCUT2D eigenvalue weighted by Crippen LogP contribution is -2.48. The number of alkyl halides is 3. The van der Waals surface area contributed by atoms with Crippen LogP contribution in [0.3, 0.4) is 0 Å². The summed E-state index contributed by atoms with van der Waals surface area (Å²) in [6.07, 6.45) is 1.69. The zero-order chi connectivity index (χ0) is 21.3. The number of hydrogen-bond acceptors (Lipinski definition) is 5. The van der Waals surface area contributed by atoms with E-state index in [2.05, 4.69) is 15.2 Å². The van der Waals surface area contributed by atoms with Crippen molar-refractivity contribution in [2.75, 3.05) is 31.1 Å². The van der Waals surface area contributed by atoms with E-state index < -0.39 is 11.7 Å². The first-order chi connectivity index (χ1) is 14.3. The van der Waals surface area contributed by atoms with Crippen LogP contribution in [0.5, 0.6) is 0 Å². The number of likely N-dealkylation sites (tertiary alicyclic amines) is 1. The molecule has 2 atom stereocenters. The fourth-order valence-corrected chi connectivity index (χ4v) is 4.55. The lowest BCUT2D eigenvalue weighted by atomic mass is 9.92. The molecule has 0 aliphatic carbocycles. The van der Waals surface area contributed by atoms with E-state index in [9.17, 15) is 18.0 Å². The lowest BCUT2D eigenvalue weighted by molar-refractivity contribution is -0.137. The van der Waals surface area contributed by atoms with E-state index in [4.69, 9.17) is 0 Å². The van der Waals surface area contributed by atoms with E-state index >= 15 is 0 Å². The van der Waals surface area contributed by atoms with Crippen LogP contribution in [0.25, 0.3) is 0 Å². The molecule has 2 aromatic heterocycles. The van der Waals surface area contributed by atoms with Crippen LogP contribution in [0.4, 0.5) is 19.0 Å². The predicted molar refractivity (Wildman–Crippen MR) is 104 cm³/mol. The molecule has 0 spiro atoms. The molecule has 2 saturated heterocycles. The van der Waals surface area contributed by atoms with Crippen molar-refractivity contribution >= 4 is 11.7 Å². The molecule has 2 aliphatic rings. The Morgan fingerprint density at radius 1 is 1.17 bits per heavy atom. The van der Waals surface area contributed by atoms with Gasteiger partial charge in [-0.1, -0.05) is 0 Å². The van der Waals surface area contributed by atoms with Gasteiger partial charge in [-0.05, 0) is 37.8 Å². The van der Waals surface area contributed by atoms with Gasteiger partial charge in [0.2, 0.25) is 5.91 Å². The monoisotopic (exact) mass is 422 g/mol. The number of halogens is 3. The van der Waals surface area contributed by atoms with Crippen LogP contribution in [0, 0.1) is 5.92 Å². The average molecular weight is 422 g/mol. The second-order valence-electron chi connectivity index (χ2n) is 8.08. The topological polar surface area (TPSA) is 67.2 Å². The smallest absolute Gasteiger partial charge is 0.355 e. The normalized spacial score (nSPS) is 22.9. The molecule has 2 fully saturated rings. The fraction of sp³-hybridized carbons (Fsp3) is 0.600. The Labute approximate surface area is 172 Å². The predicted octanol–water partition coefficient (Wildman–Crippen LogP) is 2.85. The summed E-state index contributed by atoms with van der Waals surface area (Å²) in [5.41, 5.74) is -0.751. The molecule has 7 nitrogen and oxygen atoms in total. The Bertz CT molecular complexity index is 899. The number of rotatable bonds is 3. The van der Waals surface area contributed by atoms with Gasteiger partial charge in [0.1, 0.15) is 18.0 Å². The van der Waals surface area contributed by atoms with Crippen LogP contribution in [0.1, 0.15) is 43.0 Å². The number of aryl methyl sites for hydroxylation is 1. The van der Waals surface area contributed by atoms with Crippen molar-refractivity contribution in [2.24, 2.45) is 13.0 Å². The molecule has 162 valence electrons. The maximum atomic E-state index is 13.4. The zero-order valence-corrected chi connectivity index (χ0v) is 16.8. The standard InChI is InChI=1S/C20H25F3N6O/c1-27-13-25-26-17(27)14-5-3-10-29(11-14)19(30)15-6-4-9-28(12-15)18-16(20(21,22)23)7-2-8-24-18/h2,7-8,13-15H,3-6,9-12H2,1H3. The third kappa shape index (κ3) is 4.13. The Balaban J connectivity index is 1.47. The van der Waals surface area contributed by atoms with Crippen molar-refractivity contribution < 1.29 is 18.0 Å². The molecule has 2 unspecified atom stereocenters. The molecule has 0 radical (unpaired) electrons. The van der Waals surface area contributed by atoms with Crippen molar-refractivity contribution in [1.82, 2.24) is 24.6 Å². The van der Waals surface area contributed by atoms with E-state index in [0.717, 1.165) is 24.7 Å². The summed E-state index contributed by atoms with van der Waals surface area (Å²) in [4.78, 5) is 20.7. The Kier molecular flexibility index (Phi) is 5.66. The van der Waals surface area contributed by atoms with Crippen LogP contribution < -0.4 is 4.90 Å². The van der Waals surface area contributed by atoms with Crippen LogP contribution in [-0.2, 0) is 18.0 Å². The number of pyridine rings is 1. The molecule has 0 bridgehead atoms. The number of amides is 1. The number of piperidine rings is 2. The summed E-state index contributed by atoms with van der Waals surface area (Å²) >= 11 is 0. The van der Waals surface area contributed by atoms with Crippen molar-refractivity contribution in [3.63, 3.8) is 0 Å². The van der Waals surface area contributed by atoms with E-state index in [1.165, 1.54) is 12.3 Å². The molecule has 0 saturated carbocycles. The van der Waals surface area contributed by atoms with Gasteiger partial charge < -0.3 is 14.4 Å². The minimum atomic E-state index is -4.48.